The summed E-state index contributed by atoms with van der Waals surface area (Å²) >= 11 is 0. The second kappa shape index (κ2) is 9.75. The van der Waals surface area contributed by atoms with E-state index < -0.39 is 11.7 Å². The van der Waals surface area contributed by atoms with Crippen molar-refractivity contribution in [1.29, 1.82) is 0 Å². The molecular weight excluding hydrogens is 345 g/mol. The first-order valence-electron chi connectivity index (χ1n) is 9.18. The largest absolute Gasteiger partial charge is 0.417 e. The number of unbranched alkanes of at least 4 members (excludes halogenated alkanes) is 3. The number of hydrogen-bond donors (Lipinski definition) is 2. The third-order valence-corrected chi connectivity index (χ3v) is 4.62. The van der Waals surface area contributed by atoms with Crippen molar-refractivity contribution in [3.63, 3.8) is 0 Å². The van der Waals surface area contributed by atoms with Crippen LogP contribution in [0.5, 0.6) is 0 Å². The van der Waals surface area contributed by atoms with Gasteiger partial charge < -0.3 is 16.0 Å². The number of carbonyl (C=O) groups is 1. The van der Waals surface area contributed by atoms with Gasteiger partial charge in [0.25, 0.3) is 0 Å². The Hall–Kier alpha value is -1.83. The van der Waals surface area contributed by atoms with Crippen molar-refractivity contribution in [3.05, 3.63) is 23.9 Å². The first kappa shape index (κ1) is 20.5. The van der Waals surface area contributed by atoms with E-state index in [1.165, 1.54) is 6.07 Å². The van der Waals surface area contributed by atoms with Gasteiger partial charge in [0.2, 0.25) is 5.91 Å². The normalized spacial score (nSPS) is 15.9. The van der Waals surface area contributed by atoms with Crippen molar-refractivity contribution in [2.24, 2.45) is 5.73 Å². The number of alkyl halides is 3. The molecule has 146 valence electrons. The smallest absolute Gasteiger partial charge is 0.356 e. The van der Waals surface area contributed by atoms with Crippen molar-refractivity contribution in [2.75, 3.05) is 24.5 Å². The lowest BCUT2D eigenvalue weighted by atomic mass is 10.0. The van der Waals surface area contributed by atoms with E-state index in [0.29, 0.717) is 31.9 Å². The van der Waals surface area contributed by atoms with Crippen LogP contribution in [0.1, 0.15) is 50.5 Å². The molecule has 1 aromatic heterocycles. The standard InChI is InChI=1S/C18H27F3N4O/c19-18(20,21)14-6-7-16(23-13-14)25-11-8-15(9-12-25)24-17(26)5-3-1-2-4-10-22/h6-7,13,15H,1-5,8-12,22H2,(H,24,26). The molecular formula is C18H27F3N4O. The molecule has 1 aromatic rings. The number of anilines is 1. The molecule has 1 aliphatic rings. The number of rotatable bonds is 8. The molecule has 0 spiro atoms. The Kier molecular flexibility index (Phi) is 7.68. The summed E-state index contributed by atoms with van der Waals surface area (Å²) in [6, 6.07) is 2.58. The van der Waals surface area contributed by atoms with Crippen LogP contribution in [-0.4, -0.2) is 36.6 Å². The van der Waals surface area contributed by atoms with Gasteiger partial charge in [0.15, 0.2) is 0 Å². The minimum atomic E-state index is -4.37. The number of halogens is 3. The summed E-state index contributed by atoms with van der Waals surface area (Å²) in [7, 11) is 0. The van der Waals surface area contributed by atoms with Crippen molar-refractivity contribution < 1.29 is 18.0 Å². The number of piperidine rings is 1. The van der Waals surface area contributed by atoms with Gasteiger partial charge >= 0.3 is 6.18 Å². The van der Waals surface area contributed by atoms with Gasteiger partial charge in [-0.3, -0.25) is 4.79 Å². The molecule has 0 radical (unpaired) electrons. The van der Waals surface area contributed by atoms with Gasteiger partial charge in [-0.2, -0.15) is 13.2 Å². The third kappa shape index (κ3) is 6.48. The first-order chi connectivity index (χ1) is 12.4. The van der Waals surface area contributed by atoms with Crippen molar-refractivity contribution in [3.8, 4) is 0 Å². The number of nitrogens with two attached hydrogens (primary N) is 1. The summed E-state index contributed by atoms with van der Waals surface area (Å²) in [6.45, 7) is 2.03. The van der Waals surface area contributed by atoms with Crippen LogP contribution in [0.15, 0.2) is 18.3 Å². The first-order valence-corrected chi connectivity index (χ1v) is 9.18. The molecule has 0 atom stereocenters. The van der Waals surface area contributed by atoms with E-state index in [1.807, 2.05) is 4.90 Å². The van der Waals surface area contributed by atoms with Gasteiger partial charge in [0.05, 0.1) is 5.56 Å². The van der Waals surface area contributed by atoms with Crippen molar-refractivity contribution in [2.45, 2.75) is 57.2 Å². The summed E-state index contributed by atoms with van der Waals surface area (Å²) in [5.41, 5.74) is 4.70. The third-order valence-electron chi connectivity index (χ3n) is 4.62. The Morgan fingerprint density at radius 1 is 1.19 bits per heavy atom. The molecule has 2 heterocycles. The number of pyridine rings is 1. The molecule has 3 N–H and O–H groups in total. The highest BCUT2D eigenvalue weighted by atomic mass is 19.4. The Morgan fingerprint density at radius 2 is 1.88 bits per heavy atom. The van der Waals surface area contributed by atoms with Gasteiger partial charge in [0, 0.05) is 31.7 Å². The zero-order valence-corrected chi connectivity index (χ0v) is 14.9. The molecule has 5 nitrogen and oxygen atoms in total. The lowest BCUT2D eigenvalue weighted by Gasteiger charge is -2.33. The Labute approximate surface area is 152 Å². The predicted molar refractivity (Wildman–Crippen MR) is 94.8 cm³/mol. The second-order valence-electron chi connectivity index (χ2n) is 6.68. The molecule has 1 aliphatic heterocycles. The zero-order valence-electron chi connectivity index (χ0n) is 14.9. The molecule has 2 rings (SSSR count). The lowest BCUT2D eigenvalue weighted by Crippen LogP contribution is -2.44. The van der Waals surface area contributed by atoms with Crippen LogP contribution in [0.25, 0.3) is 0 Å². The highest BCUT2D eigenvalue weighted by Gasteiger charge is 2.31. The molecule has 0 unspecified atom stereocenters. The van der Waals surface area contributed by atoms with Crippen LogP contribution in [-0.2, 0) is 11.0 Å². The number of amides is 1. The Bertz CT molecular complexity index is 555. The van der Waals surface area contributed by atoms with E-state index in [2.05, 4.69) is 10.3 Å². The van der Waals surface area contributed by atoms with Gasteiger partial charge in [-0.1, -0.05) is 12.8 Å². The fraction of sp³-hybridized carbons (Fsp3) is 0.667. The van der Waals surface area contributed by atoms with Crippen molar-refractivity contribution in [1.82, 2.24) is 10.3 Å². The van der Waals surface area contributed by atoms with E-state index in [-0.39, 0.29) is 11.9 Å². The molecule has 8 heteroatoms. The minimum Gasteiger partial charge on any atom is -0.356 e. The summed E-state index contributed by atoms with van der Waals surface area (Å²) in [6.07, 6.45) is 2.51. The minimum absolute atomic E-state index is 0.0730. The molecule has 0 aliphatic carbocycles. The van der Waals surface area contributed by atoms with Crippen LogP contribution in [0.2, 0.25) is 0 Å². The van der Waals surface area contributed by atoms with E-state index >= 15 is 0 Å². The highest BCUT2D eigenvalue weighted by Crippen LogP contribution is 2.29. The maximum Gasteiger partial charge on any atom is 0.417 e. The van der Waals surface area contributed by atoms with E-state index in [4.69, 9.17) is 5.73 Å². The van der Waals surface area contributed by atoms with Gasteiger partial charge in [-0.05, 0) is 44.4 Å². The van der Waals surface area contributed by atoms with Crippen LogP contribution >= 0.6 is 0 Å². The zero-order chi connectivity index (χ0) is 19.0. The average molecular weight is 372 g/mol. The summed E-state index contributed by atoms with van der Waals surface area (Å²) in [4.78, 5) is 17.8. The van der Waals surface area contributed by atoms with Gasteiger partial charge in [0.1, 0.15) is 5.82 Å². The fourth-order valence-electron chi connectivity index (χ4n) is 3.08. The van der Waals surface area contributed by atoms with Gasteiger partial charge in [-0.15, -0.1) is 0 Å². The van der Waals surface area contributed by atoms with Gasteiger partial charge in [-0.25, -0.2) is 4.98 Å². The second-order valence-corrected chi connectivity index (χ2v) is 6.68. The van der Waals surface area contributed by atoms with Crippen LogP contribution in [0, 0.1) is 0 Å². The maximum absolute atomic E-state index is 12.6. The number of aromatic nitrogens is 1. The summed E-state index contributed by atoms with van der Waals surface area (Å²) < 4.78 is 37.8. The van der Waals surface area contributed by atoms with E-state index in [1.54, 1.807) is 0 Å². The van der Waals surface area contributed by atoms with E-state index in [9.17, 15) is 18.0 Å². The van der Waals surface area contributed by atoms with Crippen LogP contribution in [0.4, 0.5) is 19.0 Å². The maximum atomic E-state index is 12.6. The number of hydrogen-bond acceptors (Lipinski definition) is 4. The molecule has 0 bridgehead atoms. The molecule has 1 fully saturated rings. The number of carbonyl (C=O) groups excluding carboxylic acids is 1. The number of nitrogens with zero attached hydrogens (tertiary/aromatic N) is 2. The molecule has 26 heavy (non-hydrogen) atoms. The SMILES string of the molecule is NCCCCCCC(=O)NC1CCN(c2ccc(C(F)(F)F)cn2)CC1. The highest BCUT2D eigenvalue weighted by molar-refractivity contribution is 5.76. The fourth-order valence-corrected chi connectivity index (χ4v) is 3.08. The lowest BCUT2D eigenvalue weighted by molar-refractivity contribution is -0.137. The molecule has 1 saturated heterocycles. The monoisotopic (exact) mass is 372 g/mol. The summed E-state index contributed by atoms with van der Waals surface area (Å²) in [5.74, 6) is 0.617. The Balaban J connectivity index is 1.71. The van der Waals surface area contributed by atoms with Crippen LogP contribution < -0.4 is 16.0 Å². The van der Waals surface area contributed by atoms with Crippen LogP contribution in [0.3, 0.4) is 0 Å². The quantitative estimate of drug-likeness (QED) is 0.688. The Morgan fingerprint density at radius 3 is 2.46 bits per heavy atom. The molecule has 0 aromatic carbocycles. The van der Waals surface area contributed by atoms with Crippen molar-refractivity contribution >= 4 is 11.7 Å². The summed E-state index contributed by atoms with van der Waals surface area (Å²) in [5, 5.41) is 3.05. The average Bonchev–Trinajstić information content (AvgIpc) is 2.61. The predicted octanol–water partition coefficient (Wildman–Crippen LogP) is 3.09. The van der Waals surface area contributed by atoms with E-state index in [0.717, 1.165) is 50.8 Å². The molecule has 1 amide bonds. The topological polar surface area (TPSA) is 71.2 Å². The molecule has 0 saturated carbocycles. The number of nitrogens with one attached hydrogen (secondary N) is 1.